The Hall–Kier alpha value is -2.53. The smallest absolute Gasteiger partial charge is 0.0991 e. The zero-order chi connectivity index (χ0) is 13.6. The van der Waals surface area contributed by atoms with E-state index in [1.165, 1.54) is 5.56 Å². The first-order chi connectivity index (χ1) is 9.92. The number of imidazole rings is 1. The van der Waals surface area contributed by atoms with Crippen LogP contribution in [0.1, 0.15) is 11.3 Å². The maximum Gasteiger partial charge on any atom is 0.0991 e. The van der Waals surface area contributed by atoms with Crippen LogP contribution in [0.5, 0.6) is 0 Å². The normalized spacial score (nSPS) is 10.6. The summed E-state index contributed by atoms with van der Waals surface area (Å²) in [7, 11) is 0. The molecule has 0 spiro atoms. The van der Waals surface area contributed by atoms with Crippen LogP contribution < -0.4 is 5.32 Å². The van der Waals surface area contributed by atoms with E-state index in [2.05, 4.69) is 44.8 Å². The van der Waals surface area contributed by atoms with E-state index in [1.54, 1.807) is 18.7 Å². The highest BCUT2D eigenvalue weighted by molar-refractivity contribution is 5.34. The van der Waals surface area contributed by atoms with Gasteiger partial charge in [0, 0.05) is 37.4 Å². The summed E-state index contributed by atoms with van der Waals surface area (Å²) in [5.74, 6) is 0. The first kappa shape index (κ1) is 12.5. The van der Waals surface area contributed by atoms with Crippen molar-refractivity contribution in [2.75, 3.05) is 0 Å². The molecule has 20 heavy (non-hydrogen) atoms. The lowest BCUT2D eigenvalue weighted by molar-refractivity contribution is 0.670. The van der Waals surface area contributed by atoms with E-state index in [9.17, 15) is 0 Å². The molecule has 0 saturated heterocycles. The Labute approximate surface area is 117 Å². The van der Waals surface area contributed by atoms with Crippen LogP contribution in [0.3, 0.4) is 0 Å². The van der Waals surface area contributed by atoms with Crippen molar-refractivity contribution in [3.8, 4) is 5.69 Å². The van der Waals surface area contributed by atoms with Gasteiger partial charge < -0.3 is 9.88 Å². The van der Waals surface area contributed by atoms with E-state index in [-0.39, 0.29) is 0 Å². The topological polar surface area (TPSA) is 55.6 Å². The number of benzene rings is 1. The quantitative estimate of drug-likeness (QED) is 0.766. The average molecular weight is 265 g/mol. The second-order valence-corrected chi connectivity index (χ2v) is 4.45. The van der Waals surface area contributed by atoms with Gasteiger partial charge in [-0.3, -0.25) is 0 Å². The standard InChI is InChI=1S/C15H15N5/c1-2-14(19-18-7-1)11-17-10-13-3-5-15(6-4-13)20-9-8-16-12-20/h1-9,12,17H,10-11H2. The van der Waals surface area contributed by atoms with Crippen LogP contribution in [-0.4, -0.2) is 19.7 Å². The number of hydrogen-bond donors (Lipinski definition) is 1. The van der Waals surface area contributed by atoms with Crippen LogP contribution in [0.25, 0.3) is 5.69 Å². The van der Waals surface area contributed by atoms with Crippen molar-refractivity contribution >= 4 is 0 Å². The molecule has 2 aromatic heterocycles. The predicted molar refractivity (Wildman–Crippen MR) is 76.1 cm³/mol. The van der Waals surface area contributed by atoms with Gasteiger partial charge in [-0.2, -0.15) is 10.2 Å². The van der Waals surface area contributed by atoms with Gasteiger partial charge in [-0.1, -0.05) is 12.1 Å². The second-order valence-electron chi connectivity index (χ2n) is 4.45. The Kier molecular flexibility index (Phi) is 3.80. The Morgan fingerprint density at radius 3 is 2.60 bits per heavy atom. The van der Waals surface area contributed by atoms with Crippen LogP contribution in [0, 0.1) is 0 Å². The molecule has 0 radical (unpaired) electrons. The lowest BCUT2D eigenvalue weighted by Gasteiger charge is -2.06. The molecular weight excluding hydrogens is 250 g/mol. The van der Waals surface area contributed by atoms with Gasteiger partial charge in [0.15, 0.2) is 0 Å². The lowest BCUT2D eigenvalue weighted by atomic mass is 10.2. The zero-order valence-corrected chi connectivity index (χ0v) is 11.0. The van der Waals surface area contributed by atoms with Gasteiger partial charge in [-0.25, -0.2) is 4.98 Å². The molecule has 0 aliphatic rings. The third-order valence-corrected chi connectivity index (χ3v) is 3.00. The third kappa shape index (κ3) is 3.07. The minimum Gasteiger partial charge on any atom is -0.307 e. The first-order valence-corrected chi connectivity index (χ1v) is 6.46. The monoisotopic (exact) mass is 265 g/mol. The van der Waals surface area contributed by atoms with Crippen molar-refractivity contribution in [3.05, 3.63) is 72.6 Å². The van der Waals surface area contributed by atoms with E-state index in [0.717, 1.165) is 24.5 Å². The molecule has 0 saturated carbocycles. The summed E-state index contributed by atoms with van der Waals surface area (Å²) in [6.45, 7) is 1.53. The van der Waals surface area contributed by atoms with E-state index in [1.807, 2.05) is 22.9 Å². The predicted octanol–water partition coefficient (Wildman–Crippen LogP) is 1.95. The van der Waals surface area contributed by atoms with Crippen molar-refractivity contribution in [1.82, 2.24) is 25.1 Å². The van der Waals surface area contributed by atoms with Gasteiger partial charge in [-0.15, -0.1) is 0 Å². The number of nitrogens with one attached hydrogen (secondary N) is 1. The molecule has 0 amide bonds. The van der Waals surface area contributed by atoms with Gasteiger partial charge in [0.25, 0.3) is 0 Å². The lowest BCUT2D eigenvalue weighted by Crippen LogP contribution is -2.13. The number of nitrogens with zero attached hydrogens (tertiary/aromatic N) is 4. The van der Waals surface area contributed by atoms with Crippen molar-refractivity contribution in [2.24, 2.45) is 0 Å². The van der Waals surface area contributed by atoms with E-state index < -0.39 is 0 Å². The molecule has 5 nitrogen and oxygen atoms in total. The summed E-state index contributed by atoms with van der Waals surface area (Å²) in [5.41, 5.74) is 3.29. The molecule has 0 unspecified atom stereocenters. The number of rotatable bonds is 5. The molecule has 0 aliphatic carbocycles. The molecule has 1 aromatic carbocycles. The van der Waals surface area contributed by atoms with Gasteiger partial charge in [0.1, 0.15) is 0 Å². The van der Waals surface area contributed by atoms with E-state index in [4.69, 9.17) is 0 Å². The van der Waals surface area contributed by atoms with Gasteiger partial charge in [0.2, 0.25) is 0 Å². The summed E-state index contributed by atoms with van der Waals surface area (Å²) in [6, 6.07) is 12.2. The molecule has 5 heteroatoms. The second kappa shape index (κ2) is 6.08. The van der Waals surface area contributed by atoms with Crippen LogP contribution in [-0.2, 0) is 13.1 Å². The minimum absolute atomic E-state index is 0.719. The van der Waals surface area contributed by atoms with Gasteiger partial charge in [0.05, 0.1) is 12.0 Å². The summed E-state index contributed by atoms with van der Waals surface area (Å²) in [5, 5.41) is 11.2. The third-order valence-electron chi connectivity index (χ3n) is 3.00. The van der Waals surface area contributed by atoms with Crippen molar-refractivity contribution in [3.63, 3.8) is 0 Å². The van der Waals surface area contributed by atoms with Crippen LogP contribution in [0.4, 0.5) is 0 Å². The molecular formula is C15H15N5. The zero-order valence-electron chi connectivity index (χ0n) is 11.0. The molecule has 1 N–H and O–H groups in total. The Bertz CT molecular complexity index is 632. The summed E-state index contributed by atoms with van der Waals surface area (Å²) in [4.78, 5) is 4.04. The van der Waals surface area contributed by atoms with Crippen LogP contribution in [0.2, 0.25) is 0 Å². The summed E-state index contributed by atoms with van der Waals surface area (Å²) < 4.78 is 1.98. The highest BCUT2D eigenvalue weighted by Crippen LogP contribution is 2.09. The summed E-state index contributed by atoms with van der Waals surface area (Å²) in [6.07, 6.45) is 7.18. The molecule has 0 fully saturated rings. The fourth-order valence-electron chi connectivity index (χ4n) is 1.96. The highest BCUT2D eigenvalue weighted by atomic mass is 15.1. The minimum atomic E-state index is 0.719. The molecule has 2 heterocycles. The van der Waals surface area contributed by atoms with Crippen LogP contribution >= 0.6 is 0 Å². The Balaban J connectivity index is 1.56. The molecule has 0 bridgehead atoms. The van der Waals surface area contributed by atoms with E-state index >= 15 is 0 Å². The SMILES string of the molecule is c1cnnc(CNCc2ccc(-n3ccnc3)cc2)c1. The van der Waals surface area contributed by atoms with Gasteiger partial charge >= 0.3 is 0 Å². The fraction of sp³-hybridized carbons (Fsp3) is 0.133. The summed E-state index contributed by atoms with van der Waals surface area (Å²) >= 11 is 0. The van der Waals surface area contributed by atoms with Crippen molar-refractivity contribution in [1.29, 1.82) is 0 Å². The number of hydrogen-bond acceptors (Lipinski definition) is 4. The first-order valence-electron chi connectivity index (χ1n) is 6.46. The average Bonchev–Trinajstić information content (AvgIpc) is 3.03. The van der Waals surface area contributed by atoms with Crippen LogP contribution in [0.15, 0.2) is 61.3 Å². The molecule has 100 valence electrons. The maximum atomic E-state index is 4.04. The molecule has 0 aliphatic heterocycles. The maximum absolute atomic E-state index is 4.04. The van der Waals surface area contributed by atoms with Gasteiger partial charge in [-0.05, 0) is 29.8 Å². The number of aromatic nitrogens is 4. The van der Waals surface area contributed by atoms with Crippen molar-refractivity contribution in [2.45, 2.75) is 13.1 Å². The Morgan fingerprint density at radius 1 is 1.00 bits per heavy atom. The Morgan fingerprint density at radius 2 is 1.90 bits per heavy atom. The fourth-order valence-corrected chi connectivity index (χ4v) is 1.96. The van der Waals surface area contributed by atoms with E-state index in [0.29, 0.717) is 0 Å². The molecule has 3 aromatic rings. The van der Waals surface area contributed by atoms with Crippen molar-refractivity contribution < 1.29 is 0 Å². The molecule has 0 atom stereocenters. The highest BCUT2D eigenvalue weighted by Gasteiger charge is 1.97. The largest absolute Gasteiger partial charge is 0.307 e. The molecule has 3 rings (SSSR count).